The summed E-state index contributed by atoms with van der Waals surface area (Å²) in [6, 6.07) is 2.93. The fourth-order valence-electron chi connectivity index (χ4n) is 2.47. The fourth-order valence-corrected chi connectivity index (χ4v) is 2.47. The van der Waals surface area contributed by atoms with E-state index in [0.717, 1.165) is 19.4 Å². The lowest BCUT2D eigenvalue weighted by Crippen LogP contribution is -2.30. The van der Waals surface area contributed by atoms with Crippen molar-refractivity contribution in [2.75, 3.05) is 26.1 Å². The van der Waals surface area contributed by atoms with Crippen LogP contribution in [0.3, 0.4) is 0 Å². The number of benzene rings is 1. The number of hydrogen-bond donors (Lipinski definition) is 1. The molecule has 1 N–H and O–H groups in total. The van der Waals surface area contributed by atoms with Crippen LogP contribution in [0.25, 0.3) is 0 Å². The van der Waals surface area contributed by atoms with E-state index >= 15 is 0 Å². The topological polar surface area (TPSA) is 82.9 Å². The monoisotopic (exact) mass is 296 g/mol. The lowest BCUT2D eigenvalue weighted by atomic mass is 10.1. The molecule has 0 bridgehead atoms. The molecule has 1 saturated heterocycles. The minimum atomic E-state index is -0.438. The van der Waals surface area contributed by atoms with E-state index in [1.54, 1.807) is 6.07 Å². The molecule has 2 atom stereocenters. The molecule has 2 rings (SSSR count). The summed E-state index contributed by atoms with van der Waals surface area (Å²) in [5.41, 5.74) is 0.359. The molecule has 2 unspecified atom stereocenters. The summed E-state index contributed by atoms with van der Waals surface area (Å²) in [5, 5.41) is 14.4. The summed E-state index contributed by atoms with van der Waals surface area (Å²) >= 11 is 0. The van der Waals surface area contributed by atoms with E-state index in [1.807, 2.05) is 6.92 Å². The van der Waals surface area contributed by atoms with E-state index in [-0.39, 0.29) is 17.8 Å². The zero-order valence-corrected chi connectivity index (χ0v) is 12.4. The number of nitro groups is 1. The molecule has 0 saturated carbocycles. The summed E-state index contributed by atoms with van der Waals surface area (Å²) in [4.78, 5) is 10.8. The summed E-state index contributed by atoms with van der Waals surface area (Å²) in [6.07, 6.45) is 2.04. The Labute approximate surface area is 123 Å². The second-order valence-electron chi connectivity index (χ2n) is 4.97. The van der Waals surface area contributed by atoms with Crippen molar-refractivity contribution in [2.24, 2.45) is 0 Å². The Morgan fingerprint density at radius 1 is 1.38 bits per heavy atom. The SMILES string of the molecule is COc1cc(NC(C)C2CCCO2)c([N+](=O)[O-])cc1OC. The van der Waals surface area contributed by atoms with Gasteiger partial charge < -0.3 is 19.5 Å². The van der Waals surface area contributed by atoms with Gasteiger partial charge in [0.1, 0.15) is 5.69 Å². The molecule has 21 heavy (non-hydrogen) atoms. The van der Waals surface area contributed by atoms with Crippen LogP contribution in [0.4, 0.5) is 11.4 Å². The first-order chi connectivity index (χ1) is 10.1. The van der Waals surface area contributed by atoms with Crippen molar-refractivity contribution in [1.29, 1.82) is 0 Å². The third-order valence-corrected chi connectivity index (χ3v) is 3.60. The minimum Gasteiger partial charge on any atom is -0.493 e. The van der Waals surface area contributed by atoms with E-state index < -0.39 is 4.92 Å². The minimum absolute atomic E-state index is 0.0238. The molecule has 7 nitrogen and oxygen atoms in total. The first-order valence-corrected chi connectivity index (χ1v) is 6.85. The number of nitrogens with one attached hydrogen (secondary N) is 1. The lowest BCUT2D eigenvalue weighted by Gasteiger charge is -2.21. The van der Waals surface area contributed by atoms with Gasteiger partial charge in [-0.25, -0.2) is 0 Å². The highest BCUT2D eigenvalue weighted by molar-refractivity contribution is 5.68. The Morgan fingerprint density at radius 2 is 2.05 bits per heavy atom. The largest absolute Gasteiger partial charge is 0.493 e. The van der Waals surface area contributed by atoms with E-state index in [0.29, 0.717) is 17.2 Å². The van der Waals surface area contributed by atoms with E-state index in [4.69, 9.17) is 14.2 Å². The highest BCUT2D eigenvalue weighted by atomic mass is 16.6. The normalized spacial score (nSPS) is 19.1. The van der Waals surface area contributed by atoms with Crippen molar-refractivity contribution in [3.05, 3.63) is 22.2 Å². The maximum Gasteiger partial charge on any atom is 0.296 e. The Balaban J connectivity index is 2.29. The summed E-state index contributed by atoms with van der Waals surface area (Å²) in [5.74, 6) is 0.782. The van der Waals surface area contributed by atoms with Crippen LogP contribution in [0.2, 0.25) is 0 Å². The number of ether oxygens (including phenoxy) is 3. The van der Waals surface area contributed by atoms with Crippen molar-refractivity contribution >= 4 is 11.4 Å². The number of hydrogen-bond acceptors (Lipinski definition) is 6. The third-order valence-electron chi connectivity index (χ3n) is 3.60. The number of methoxy groups -OCH3 is 2. The molecule has 1 aliphatic rings. The Kier molecular flexibility index (Phi) is 4.85. The summed E-state index contributed by atoms with van der Waals surface area (Å²) in [7, 11) is 2.95. The Hall–Kier alpha value is -2.02. The molecule has 1 aromatic rings. The summed E-state index contributed by atoms with van der Waals surface area (Å²) < 4.78 is 15.9. The molecule has 7 heteroatoms. The van der Waals surface area contributed by atoms with Crippen molar-refractivity contribution < 1.29 is 19.1 Å². The van der Waals surface area contributed by atoms with Gasteiger partial charge in [0.25, 0.3) is 5.69 Å². The van der Waals surface area contributed by atoms with Crippen molar-refractivity contribution in [3.63, 3.8) is 0 Å². The molecule has 1 heterocycles. The molecule has 0 aliphatic carbocycles. The average Bonchev–Trinajstić information content (AvgIpc) is 3.00. The third kappa shape index (κ3) is 3.36. The number of rotatable bonds is 6. The highest BCUT2D eigenvalue weighted by Crippen LogP contribution is 2.38. The van der Waals surface area contributed by atoms with Crippen LogP contribution in [0.15, 0.2) is 12.1 Å². The number of anilines is 1. The van der Waals surface area contributed by atoms with Crippen LogP contribution >= 0.6 is 0 Å². The van der Waals surface area contributed by atoms with Gasteiger partial charge in [-0.05, 0) is 19.8 Å². The predicted molar refractivity (Wildman–Crippen MR) is 78.3 cm³/mol. The smallest absolute Gasteiger partial charge is 0.296 e. The molecular formula is C14H20N2O5. The van der Waals surface area contributed by atoms with Crippen molar-refractivity contribution in [3.8, 4) is 11.5 Å². The highest BCUT2D eigenvalue weighted by Gasteiger charge is 2.26. The van der Waals surface area contributed by atoms with Crippen LogP contribution < -0.4 is 14.8 Å². The molecule has 0 radical (unpaired) electrons. The van der Waals surface area contributed by atoms with Crippen LogP contribution in [0, 0.1) is 10.1 Å². The van der Waals surface area contributed by atoms with Gasteiger partial charge in [0, 0.05) is 18.7 Å². The summed E-state index contributed by atoms with van der Waals surface area (Å²) in [6.45, 7) is 2.70. The maximum atomic E-state index is 11.2. The molecule has 1 aliphatic heterocycles. The van der Waals surface area contributed by atoms with E-state index in [1.165, 1.54) is 20.3 Å². The van der Waals surface area contributed by atoms with Gasteiger partial charge in [-0.2, -0.15) is 0 Å². The van der Waals surface area contributed by atoms with E-state index in [2.05, 4.69) is 5.32 Å². The van der Waals surface area contributed by atoms with Gasteiger partial charge in [0.15, 0.2) is 11.5 Å². The Bertz CT molecular complexity index is 514. The molecule has 0 amide bonds. The van der Waals surface area contributed by atoms with E-state index in [9.17, 15) is 10.1 Å². The maximum absolute atomic E-state index is 11.2. The van der Waals surface area contributed by atoms with Crippen LogP contribution in [0.1, 0.15) is 19.8 Å². The average molecular weight is 296 g/mol. The lowest BCUT2D eigenvalue weighted by molar-refractivity contribution is -0.384. The van der Waals surface area contributed by atoms with Gasteiger partial charge in [-0.15, -0.1) is 0 Å². The molecule has 1 fully saturated rings. The zero-order chi connectivity index (χ0) is 15.4. The first kappa shape index (κ1) is 15.4. The molecule has 1 aromatic carbocycles. The standard InChI is InChI=1S/C14H20N2O5/c1-9(12-5-4-6-21-12)15-10-7-13(19-2)14(20-3)8-11(10)16(17)18/h7-9,12,15H,4-6H2,1-3H3. The second-order valence-corrected chi connectivity index (χ2v) is 4.97. The van der Waals surface area contributed by atoms with Gasteiger partial charge in [-0.1, -0.05) is 0 Å². The zero-order valence-electron chi connectivity index (χ0n) is 12.4. The van der Waals surface area contributed by atoms with Crippen molar-refractivity contribution in [2.45, 2.75) is 31.9 Å². The number of nitro benzene ring substituents is 1. The molecule has 0 spiro atoms. The van der Waals surface area contributed by atoms with Crippen LogP contribution in [-0.4, -0.2) is 37.9 Å². The van der Waals surface area contributed by atoms with Gasteiger partial charge in [0.05, 0.1) is 31.3 Å². The number of nitrogens with zero attached hydrogens (tertiary/aromatic N) is 1. The van der Waals surface area contributed by atoms with Crippen LogP contribution in [-0.2, 0) is 4.74 Å². The predicted octanol–water partition coefficient (Wildman–Crippen LogP) is 2.59. The molecule has 116 valence electrons. The van der Waals surface area contributed by atoms with Gasteiger partial charge in [0.2, 0.25) is 0 Å². The second kappa shape index (κ2) is 6.62. The first-order valence-electron chi connectivity index (χ1n) is 6.85. The van der Waals surface area contributed by atoms with Gasteiger partial charge >= 0.3 is 0 Å². The van der Waals surface area contributed by atoms with Gasteiger partial charge in [-0.3, -0.25) is 10.1 Å². The van der Waals surface area contributed by atoms with Crippen molar-refractivity contribution in [1.82, 2.24) is 0 Å². The quantitative estimate of drug-likeness (QED) is 0.641. The molecular weight excluding hydrogens is 276 g/mol. The van der Waals surface area contributed by atoms with Crippen LogP contribution in [0.5, 0.6) is 11.5 Å². The Morgan fingerprint density at radius 3 is 2.57 bits per heavy atom. The molecule has 0 aromatic heterocycles. The fraction of sp³-hybridized carbons (Fsp3) is 0.571.